The molecule has 0 fully saturated rings. The summed E-state index contributed by atoms with van der Waals surface area (Å²) in [6, 6.07) is 0. The van der Waals surface area contributed by atoms with E-state index in [0.717, 1.165) is 4.85 Å². The second kappa shape index (κ2) is 2.27. The molecule has 1 heterocycles. The molecule has 8 heavy (non-hydrogen) atoms. The minimum atomic E-state index is 1.10. The average molecular weight is 115 g/mol. The van der Waals surface area contributed by atoms with Crippen molar-refractivity contribution in [2.75, 3.05) is 7.11 Å². The maximum atomic E-state index is 4.39. The number of aromatic nitrogens is 3. The zero-order chi connectivity index (χ0) is 5.82. The highest BCUT2D eigenvalue weighted by molar-refractivity contribution is 4.47. The molecular formula is C3H5N3O2. The highest BCUT2D eigenvalue weighted by atomic mass is 17.3. The van der Waals surface area contributed by atoms with Crippen LogP contribution in [0.3, 0.4) is 0 Å². The molecular weight excluding hydrogens is 110 g/mol. The van der Waals surface area contributed by atoms with E-state index in [0.29, 0.717) is 0 Å². The van der Waals surface area contributed by atoms with Gasteiger partial charge in [0, 0.05) is 0 Å². The minimum Gasteiger partial charge on any atom is -0.221 e. The summed E-state index contributed by atoms with van der Waals surface area (Å²) >= 11 is 0. The molecule has 0 amide bonds. The topological polar surface area (TPSA) is 49.2 Å². The van der Waals surface area contributed by atoms with Crippen molar-refractivity contribution < 1.29 is 9.88 Å². The molecule has 5 heteroatoms. The Morgan fingerprint density at radius 3 is 3.00 bits per heavy atom. The van der Waals surface area contributed by atoms with E-state index < -0.39 is 0 Å². The lowest BCUT2D eigenvalue weighted by molar-refractivity contribution is -0.281. The zero-order valence-electron chi connectivity index (χ0n) is 4.31. The monoisotopic (exact) mass is 115 g/mol. The standard InChI is InChI=1S/C3H5N3O2/c1-7-8-6-3-4-2-5-6/h2-3H,1H3. The first kappa shape index (κ1) is 5.04. The number of hydrogen-bond acceptors (Lipinski definition) is 4. The Labute approximate surface area is 45.7 Å². The molecule has 0 aliphatic carbocycles. The van der Waals surface area contributed by atoms with Gasteiger partial charge in [0.05, 0.1) is 7.11 Å². The van der Waals surface area contributed by atoms with Crippen LogP contribution in [0.4, 0.5) is 0 Å². The van der Waals surface area contributed by atoms with Gasteiger partial charge in [-0.15, -0.1) is 5.10 Å². The van der Waals surface area contributed by atoms with E-state index in [1.807, 2.05) is 0 Å². The lowest BCUT2D eigenvalue weighted by Gasteiger charge is -1.93. The molecule has 1 aromatic rings. The van der Waals surface area contributed by atoms with Gasteiger partial charge in [0.1, 0.15) is 6.33 Å². The van der Waals surface area contributed by atoms with Gasteiger partial charge in [-0.1, -0.05) is 0 Å². The van der Waals surface area contributed by atoms with Crippen LogP contribution in [0.1, 0.15) is 0 Å². The van der Waals surface area contributed by atoms with E-state index in [1.165, 1.54) is 19.8 Å². The number of rotatable bonds is 2. The summed E-state index contributed by atoms with van der Waals surface area (Å²) in [5, 5.41) is 3.56. The fourth-order valence-corrected chi connectivity index (χ4v) is 0.312. The Morgan fingerprint density at radius 1 is 1.62 bits per heavy atom. The minimum absolute atomic E-state index is 1.10. The van der Waals surface area contributed by atoms with Crippen molar-refractivity contribution in [2.45, 2.75) is 0 Å². The first-order chi connectivity index (χ1) is 3.93. The van der Waals surface area contributed by atoms with Gasteiger partial charge in [-0.25, -0.2) is 9.97 Å². The van der Waals surface area contributed by atoms with Crippen LogP contribution in [0.5, 0.6) is 0 Å². The summed E-state index contributed by atoms with van der Waals surface area (Å²) in [4.78, 5) is 13.3. The van der Waals surface area contributed by atoms with Crippen LogP contribution >= 0.6 is 0 Å². The van der Waals surface area contributed by atoms with E-state index in [9.17, 15) is 0 Å². The third-order valence-electron chi connectivity index (χ3n) is 0.548. The van der Waals surface area contributed by atoms with Crippen molar-refractivity contribution in [3.05, 3.63) is 12.7 Å². The fraction of sp³-hybridized carbons (Fsp3) is 0.333. The molecule has 0 atom stereocenters. The molecule has 0 aliphatic rings. The maximum absolute atomic E-state index is 4.39. The van der Waals surface area contributed by atoms with Gasteiger partial charge in [-0.3, -0.25) is 0 Å². The van der Waals surface area contributed by atoms with Crippen LogP contribution < -0.4 is 4.99 Å². The molecule has 0 bridgehead atoms. The van der Waals surface area contributed by atoms with Crippen LogP contribution in [0, 0.1) is 0 Å². The fourth-order valence-electron chi connectivity index (χ4n) is 0.312. The van der Waals surface area contributed by atoms with Crippen LogP contribution in [0.2, 0.25) is 0 Å². The van der Waals surface area contributed by atoms with Crippen molar-refractivity contribution in [3.63, 3.8) is 0 Å². The highest BCUT2D eigenvalue weighted by Gasteiger charge is 1.84. The largest absolute Gasteiger partial charge is 0.221 e. The summed E-state index contributed by atoms with van der Waals surface area (Å²) in [5.74, 6) is 0. The van der Waals surface area contributed by atoms with Crippen molar-refractivity contribution >= 4 is 0 Å². The van der Waals surface area contributed by atoms with Crippen LogP contribution in [0.25, 0.3) is 0 Å². The van der Waals surface area contributed by atoms with Crippen LogP contribution in [-0.4, -0.2) is 22.0 Å². The Kier molecular flexibility index (Phi) is 1.43. The summed E-state index contributed by atoms with van der Waals surface area (Å²) < 4.78 is 0. The Hall–Kier alpha value is -1.10. The molecule has 1 rings (SSSR count). The first-order valence-corrected chi connectivity index (χ1v) is 1.99. The van der Waals surface area contributed by atoms with Gasteiger partial charge >= 0.3 is 0 Å². The molecule has 0 saturated heterocycles. The van der Waals surface area contributed by atoms with Gasteiger partial charge < -0.3 is 0 Å². The second-order valence-corrected chi connectivity index (χ2v) is 1.04. The highest BCUT2D eigenvalue weighted by Crippen LogP contribution is 1.70. The van der Waals surface area contributed by atoms with E-state index in [-0.39, 0.29) is 0 Å². The quantitative estimate of drug-likeness (QED) is 0.376. The molecule has 0 unspecified atom stereocenters. The Bertz CT molecular complexity index is 138. The zero-order valence-corrected chi connectivity index (χ0v) is 4.31. The molecule has 0 N–H and O–H groups in total. The molecule has 44 valence electrons. The summed E-state index contributed by atoms with van der Waals surface area (Å²) in [5.41, 5.74) is 0. The summed E-state index contributed by atoms with van der Waals surface area (Å²) in [7, 11) is 1.39. The molecule has 0 radical (unpaired) electrons. The smallest absolute Gasteiger partial charge is 0.159 e. The lowest BCUT2D eigenvalue weighted by atomic mass is 11.3. The maximum Gasteiger partial charge on any atom is 0.159 e. The van der Waals surface area contributed by atoms with Gasteiger partial charge in [0.2, 0.25) is 0 Å². The van der Waals surface area contributed by atoms with Gasteiger partial charge in [0.25, 0.3) is 0 Å². The lowest BCUT2D eigenvalue weighted by Crippen LogP contribution is -2.09. The molecule has 1 aromatic heterocycles. The third kappa shape index (κ3) is 0.941. The normalized spacial score (nSPS) is 9.12. The van der Waals surface area contributed by atoms with E-state index >= 15 is 0 Å². The van der Waals surface area contributed by atoms with E-state index in [4.69, 9.17) is 0 Å². The van der Waals surface area contributed by atoms with Gasteiger partial charge in [0.15, 0.2) is 6.33 Å². The summed E-state index contributed by atoms with van der Waals surface area (Å²) in [6.07, 6.45) is 2.72. The molecule has 0 spiro atoms. The van der Waals surface area contributed by atoms with Crippen molar-refractivity contribution in [1.82, 2.24) is 14.9 Å². The van der Waals surface area contributed by atoms with Gasteiger partial charge in [-0.2, -0.15) is 4.89 Å². The van der Waals surface area contributed by atoms with Crippen LogP contribution in [0.15, 0.2) is 12.7 Å². The molecule has 0 aliphatic heterocycles. The molecule has 5 nitrogen and oxygen atoms in total. The SMILES string of the molecule is COOn1cncn1. The van der Waals surface area contributed by atoms with Crippen LogP contribution in [-0.2, 0) is 4.89 Å². The Balaban J connectivity index is 2.50. The third-order valence-corrected chi connectivity index (χ3v) is 0.548. The van der Waals surface area contributed by atoms with Crippen molar-refractivity contribution in [1.29, 1.82) is 0 Å². The second-order valence-electron chi connectivity index (χ2n) is 1.04. The van der Waals surface area contributed by atoms with E-state index in [1.54, 1.807) is 0 Å². The summed E-state index contributed by atoms with van der Waals surface area (Å²) in [6.45, 7) is 0. The molecule has 0 saturated carbocycles. The van der Waals surface area contributed by atoms with E-state index in [2.05, 4.69) is 20.0 Å². The van der Waals surface area contributed by atoms with Crippen molar-refractivity contribution in [3.8, 4) is 0 Å². The average Bonchev–Trinajstić information content (AvgIpc) is 2.19. The molecule has 0 aromatic carbocycles. The van der Waals surface area contributed by atoms with Crippen molar-refractivity contribution in [2.24, 2.45) is 0 Å². The first-order valence-electron chi connectivity index (χ1n) is 1.99. The Morgan fingerprint density at radius 2 is 2.50 bits per heavy atom. The predicted octanol–water partition coefficient (Wildman–Crippen LogP) is -0.732. The number of hydrogen-bond donors (Lipinski definition) is 0. The number of nitrogens with zero attached hydrogens (tertiary/aromatic N) is 3. The predicted molar refractivity (Wildman–Crippen MR) is 23.6 cm³/mol. The van der Waals surface area contributed by atoms with Gasteiger partial charge in [-0.05, 0) is 4.85 Å².